The molecule has 0 spiro atoms. The van der Waals surface area contributed by atoms with E-state index in [-0.39, 0.29) is 11.6 Å². The van der Waals surface area contributed by atoms with Gasteiger partial charge in [-0.25, -0.2) is 24.7 Å². The molecule has 0 amide bonds. The number of oxazole rings is 1. The highest BCUT2D eigenvalue weighted by Gasteiger charge is 2.40. The van der Waals surface area contributed by atoms with Gasteiger partial charge in [-0.15, -0.1) is 0 Å². The first-order valence-electron chi connectivity index (χ1n) is 13.3. The number of aryl methyl sites for hydroxylation is 1. The number of fused-ring (bicyclic) bond motifs is 1. The van der Waals surface area contributed by atoms with Crippen LogP contribution in [-0.2, 0) is 16.9 Å². The third-order valence-electron chi connectivity index (χ3n) is 7.96. The van der Waals surface area contributed by atoms with Crippen LogP contribution in [0.15, 0.2) is 44.4 Å². The first-order valence-corrected chi connectivity index (χ1v) is 13.7. The Bertz CT molecular complexity index is 1730. The minimum absolute atomic E-state index is 0.106. The molecule has 0 aliphatic heterocycles. The van der Waals surface area contributed by atoms with Crippen molar-refractivity contribution in [2.45, 2.75) is 58.6 Å². The van der Waals surface area contributed by atoms with E-state index in [4.69, 9.17) is 40.2 Å². The van der Waals surface area contributed by atoms with Crippen LogP contribution >= 0.6 is 11.6 Å². The monoisotopic (exact) mass is 563 g/mol. The number of rotatable bonds is 7. The lowest BCUT2D eigenvalue weighted by molar-refractivity contribution is 0.0234. The van der Waals surface area contributed by atoms with Crippen LogP contribution < -0.4 is 5.76 Å². The summed E-state index contributed by atoms with van der Waals surface area (Å²) in [6.07, 6.45) is 5.99. The van der Waals surface area contributed by atoms with Crippen molar-refractivity contribution in [1.29, 1.82) is 0 Å². The maximum absolute atomic E-state index is 11.8. The molecule has 1 fully saturated rings. The fourth-order valence-electron chi connectivity index (χ4n) is 5.67. The van der Waals surface area contributed by atoms with Crippen molar-refractivity contribution in [3.8, 4) is 22.9 Å². The number of methoxy groups -OCH3 is 1. The fraction of sp³-hybridized carbons (Fsp3) is 0.429. The Kier molecular flexibility index (Phi) is 6.79. The molecule has 4 aromatic heterocycles. The maximum Gasteiger partial charge on any atom is 0.439 e. The highest BCUT2D eigenvalue weighted by atomic mass is 35.5. The molecule has 1 N–H and O–H groups in total. The van der Waals surface area contributed by atoms with E-state index in [9.17, 15) is 4.79 Å². The minimum Gasteiger partial charge on any atom is -0.448 e. The van der Waals surface area contributed by atoms with Crippen molar-refractivity contribution >= 4 is 22.8 Å². The Morgan fingerprint density at radius 3 is 2.65 bits per heavy atom. The third kappa shape index (κ3) is 4.62. The highest BCUT2D eigenvalue weighted by molar-refractivity contribution is 6.30. The van der Waals surface area contributed by atoms with E-state index in [2.05, 4.69) is 26.6 Å². The number of nitrogens with zero attached hydrogens (tertiary/aromatic N) is 6. The summed E-state index contributed by atoms with van der Waals surface area (Å²) >= 11 is 6.42. The molecule has 0 saturated heterocycles. The Morgan fingerprint density at radius 1 is 1.20 bits per heavy atom. The second-order valence-electron chi connectivity index (χ2n) is 10.7. The molecule has 40 heavy (non-hydrogen) atoms. The van der Waals surface area contributed by atoms with Gasteiger partial charge in [0, 0.05) is 24.2 Å². The number of aromatic amines is 1. The van der Waals surface area contributed by atoms with Crippen molar-refractivity contribution in [1.82, 2.24) is 34.6 Å². The summed E-state index contributed by atoms with van der Waals surface area (Å²) in [7, 11) is 1.63. The zero-order chi connectivity index (χ0) is 28.0. The van der Waals surface area contributed by atoms with Crippen LogP contribution in [-0.4, -0.2) is 41.8 Å². The van der Waals surface area contributed by atoms with Crippen molar-refractivity contribution < 1.29 is 13.7 Å². The molecular formula is C28H30ClN7O4. The number of imidazole rings is 1. The number of benzene rings is 1. The molecule has 1 saturated carbocycles. The summed E-state index contributed by atoms with van der Waals surface area (Å²) in [5, 5.41) is 4.38. The van der Waals surface area contributed by atoms with Gasteiger partial charge in [0.2, 0.25) is 11.6 Å². The Hall–Kier alpha value is -3.83. The van der Waals surface area contributed by atoms with E-state index in [0.717, 1.165) is 29.8 Å². The molecule has 1 atom stereocenters. The summed E-state index contributed by atoms with van der Waals surface area (Å²) in [5.74, 6) is 2.00. The van der Waals surface area contributed by atoms with Crippen molar-refractivity contribution in [2.24, 2.45) is 11.8 Å². The summed E-state index contributed by atoms with van der Waals surface area (Å²) in [5.41, 5.74) is 2.11. The minimum atomic E-state index is -1.05. The van der Waals surface area contributed by atoms with Gasteiger partial charge in [-0.3, -0.25) is 9.51 Å². The van der Waals surface area contributed by atoms with Crippen LogP contribution in [0.25, 0.3) is 34.1 Å². The van der Waals surface area contributed by atoms with Crippen LogP contribution in [0.5, 0.6) is 0 Å². The quantitative estimate of drug-likeness (QED) is 0.271. The lowest BCUT2D eigenvalue weighted by Crippen LogP contribution is -2.32. The summed E-state index contributed by atoms with van der Waals surface area (Å²) < 4.78 is 18.6. The van der Waals surface area contributed by atoms with E-state index in [0.29, 0.717) is 46.1 Å². The molecule has 1 aliphatic carbocycles. The largest absolute Gasteiger partial charge is 0.448 e. The zero-order valence-corrected chi connectivity index (χ0v) is 23.5. The van der Waals surface area contributed by atoms with Gasteiger partial charge in [-0.2, -0.15) is 0 Å². The van der Waals surface area contributed by atoms with Crippen LogP contribution in [0.4, 0.5) is 0 Å². The number of hydrogen-bond donors (Lipinski definition) is 1. The van der Waals surface area contributed by atoms with E-state index in [1.54, 1.807) is 13.2 Å². The molecule has 1 aliphatic rings. The van der Waals surface area contributed by atoms with Gasteiger partial charge in [0.15, 0.2) is 17.6 Å². The molecule has 0 bridgehead atoms. The smallest absolute Gasteiger partial charge is 0.439 e. The molecule has 1 aromatic carbocycles. The molecule has 1 unspecified atom stereocenters. The first-order chi connectivity index (χ1) is 19.3. The second-order valence-corrected chi connectivity index (χ2v) is 11.1. The topological polar surface area (TPSA) is 138 Å². The van der Waals surface area contributed by atoms with Crippen LogP contribution in [0.2, 0.25) is 5.02 Å². The number of nitrogens with one attached hydrogen (secondary N) is 1. The zero-order valence-electron chi connectivity index (χ0n) is 22.8. The second kappa shape index (κ2) is 10.3. The van der Waals surface area contributed by atoms with Crippen LogP contribution in [0.3, 0.4) is 0 Å². The number of hydrogen-bond acceptors (Lipinski definition) is 9. The van der Waals surface area contributed by atoms with Crippen molar-refractivity contribution in [3.05, 3.63) is 63.5 Å². The summed E-state index contributed by atoms with van der Waals surface area (Å²) in [6, 6.07) is 7.45. The number of halogens is 1. The van der Waals surface area contributed by atoms with Crippen molar-refractivity contribution in [3.63, 3.8) is 0 Å². The number of H-pyrrole nitrogens is 1. The molecule has 0 radical (unpaired) electrons. The van der Waals surface area contributed by atoms with E-state index in [1.807, 2.05) is 32.0 Å². The first kappa shape index (κ1) is 26.4. The number of ether oxygens (including phenoxy) is 1. The lowest BCUT2D eigenvalue weighted by atomic mass is 9.83. The predicted molar refractivity (Wildman–Crippen MR) is 148 cm³/mol. The molecule has 4 heterocycles. The van der Waals surface area contributed by atoms with Crippen LogP contribution in [0.1, 0.15) is 56.8 Å². The molecule has 11 nitrogen and oxygen atoms in total. The molecule has 12 heteroatoms. The predicted octanol–water partition coefficient (Wildman–Crippen LogP) is 5.52. The van der Waals surface area contributed by atoms with Crippen LogP contribution in [0, 0.1) is 18.8 Å². The highest BCUT2D eigenvalue weighted by Crippen LogP contribution is 2.40. The molecule has 5 aromatic rings. The van der Waals surface area contributed by atoms with Gasteiger partial charge in [-0.1, -0.05) is 48.7 Å². The fourth-order valence-corrected chi connectivity index (χ4v) is 5.87. The summed E-state index contributed by atoms with van der Waals surface area (Å²) in [4.78, 5) is 33.5. The van der Waals surface area contributed by atoms with Crippen molar-refractivity contribution in [2.75, 3.05) is 7.11 Å². The Labute approximate surface area is 235 Å². The molecular weight excluding hydrogens is 534 g/mol. The maximum atomic E-state index is 11.8. The third-order valence-corrected chi connectivity index (χ3v) is 8.20. The van der Waals surface area contributed by atoms with Gasteiger partial charge in [0.1, 0.15) is 28.5 Å². The van der Waals surface area contributed by atoms with Gasteiger partial charge >= 0.3 is 5.76 Å². The average molecular weight is 564 g/mol. The Balaban J connectivity index is 1.65. The van der Waals surface area contributed by atoms with Gasteiger partial charge in [0.25, 0.3) is 0 Å². The lowest BCUT2D eigenvalue weighted by Gasteiger charge is -2.31. The average Bonchev–Trinajstić information content (AvgIpc) is 3.68. The van der Waals surface area contributed by atoms with Gasteiger partial charge < -0.3 is 13.7 Å². The number of aromatic nitrogens is 7. The van der Waals surface area contributed by atoms with Gasteiger partial charge in [-0.05, 0) is 50.7 Å². The molecule has 6 rings (SSSR count). The van der Waals surface area contributed by atoms with E-state index >= 15 is 0 Å². The van der Waals surface area contributed by atoms with E-state index < -0.39 is 11.4 Å². The van der Waals surface area contributed by atoms with Gasteiger partial charge in [0.05, 0.1) is 0 Å². The Morgan fingerprint density at radius 2 is 2.00 bits per heavy atom. The summed E-state index contributed by atoms with van der Waals surface area (Å²) in [6.45, 7) is 6.79. The standard InChI is InChI=1S/C28H30ClN7O4/c1-15-8-10-17(11-9-15)13-36-21-20(18-6-5-7-19(29)12-18)31-24(25-34-27(37)40-35-25)32-23(21)33-26(36)28(3,38-4)22-16(2)39-14-30-22/h5-7,12,14-15,17H,8-11,13H2,1-4H3,(H,34,35,37). The SMILES string of the molecule is COC(C)(c1ncoc1C)c1nc2nc(-c3noc(=O)[nH]3)nc(-c3cccc(Cl)c3)c2n1CC1CCC(C)CC1. The molecule has 208 valence electrons. The van der Waals surface area contributed by atoms with E-state index in [1.165, 1.54) is 19.2 Å². The normalized spacial score (nSPS) is 19.2.